The lowest BCUT2D eigenvalue weighted by Crippen LogP contribution is -2.29. The van der Waals surface area contributed by atoms with Crippen molar-refractivity contribution < 1.29 is 9.59 Å². The first-order chi connectivity index (χ1) is 12.1. The largest absolute Gasteiger partial charge is 0.350 e. The summed E-state index contributed by atoms with van der Waals surface area (Å²) >= 11 is 0. The predicted molar refractivity (Wildman–Crippen MR) is 94.5 cm³/mol. The van der Waals surface area contributed by atoms with E-state index in [4.69, 9.17) is 0 Å². The number of hydrogen-bond donors (Lipinski definition) is 3. The number of benzene rings is 1. The highest BCUT2D eigenvalue weighted by molar-refractivity contribution is 5.94. The Morgan fingerprint density at radius 2 is 2.16 bits per heavy atom. The van der Waals surface area contributed by atoms with Gasteiger partial charge in [0.05, 0.1) is 0 Å². The number of fused-ring (bicyclic) bond motifs is 1. The molecule has 132 valence electrons. The summed E-state index contributed by atoms with van der Waals surface area (Å²) in [4.78, 5) is 25.9. The summed E-state index contributed by atoms with van der Waals surface area (Å²) < 4.78 is 0. The second kappa shape index (κ2) is 7.48. The Morgan fingerprint density at radius 3 is 2.96 bits per heavy atom. The lowest BCUT2D eigenvalue weighted by atomic mass is 10.1. The molecular weight excluding hydrogens is 318 g/mol. The lowest BCUT2D eigenvalue weighted by molar-refractivity contribution is 0.0827. The van der Waals surface area contributed by atoms with E-state index in [1.54, 1.807) is 25.1 Å². The normalized spacial score (nSPS) is 13.2. The van der Waals surface area contributed by atoms with Gasteiger partial charge >= 0.3 is 0 Å². The average molecular weight is 341 g/mol. The van der Waals surface area contributed by atoms with Crippen LogP contribution in [0.3, 0.4) is 0 Å². The van der Waals surface area contributed by atoms with Crippen molar-refractivity contribution in [1.82, 2.24) is 25.7 Å². The molecule has 25 heavy (non-hydrogen) atoms. The maximum atomic E-state index is 12.4. The molecule has 1 aliphatic heterocycles. The number of amides is 2. The SMILES string of the molecule is CN(C)C(=O)c1cccc(CCNC(=O)c2n[nH]c3c2CNCC3)c1. The number of rotatable bonds is 5. The second-order valence-corrected chi connectivity index (χ2v) is 6.36. The van der Waals surface area contributed by atoms with Gasteiger partial charge < -0.3 is 15.5 Å². The number of H-pyrrole nitrogens is 1. The highest BCUT2D eigenvalue weighted by Crippen LogP contribution is 2.15. The quantitative estimate of drug-likeness (QED) is 0.748. The van der Waals surface area contributed by atoms with Crippen LogP contribution < -0.4 is 10.6 Å². The van der Waals surface area contributed by atoms with Crippen LogP contribution in [-0.2, 0) is 19.4 Å². The predicted octanol–water partition coefficient (Wildman–Crippen LogP) is 0.730. The third kappa shape index (κ3) is 3.88. The molecule has 0 unspecified atom stereocenters. The molecule has 0 atom stereocenters. The maximum Gasteiger partial charge on any atom is 0.272 e. The number of aromatic amines is 1. The fraction of sp³-hybridized carbons (Fsp3) is 0.389. The van der Waals surface area contributed by atoms with Crippen LogP contribution in [0.1, 0.15) is 37.7 Å². The molecule has 0 aliphatic carbocycles. The monoisotopic (exact) mass is 341 g/mol. The van der Waals surface area contributed by atoms with Gasteiger partial charge in [0, 0.05) is 57.0 Å². The van der Waals surface area contributed by atoms with Gasteiger partial charge in [-0.2, -0.15) is 5.10 Å². The van der Waals surface area contributed by atoms with Crippen molar-refractivity contribution in [2.24, 2.45) is 0 Å². The van der Waals surface area contributed by atoms with Gasteiger partial charge in [0.1, 0.15) is 0 Å². The van der Waals surface area contributed by atoms with Crippen LogP contribution in [0.15, 0.2) is 24.3 Å². The Kier molecular flexibility index (Phi) is 5.14. The van der Waals surface area contributed by atoms with E-state index < -0.39 is 0 Å². The smallest absolute Gasteiger partial charge is 0.272 e. The average Bonchev–Trinajstić information content (AvgIpc) is 3.05. The van der Waals surface area contributed by atoms with Crippen molar-refractivity contribution >= 4 is 11.8 Å². The summed E-state index contributed by atoms with van der Waals surface area (Å²) in [5, 5.41) is 13.3. The third-order valence-electron chi connectivity index (χ3n) is 4.30. The minimum atomic E-state index is -0.165. The summed E-state index contributed by atoms with van der Waals surface area (Å²) in [5.74, 6) is -0.191. The van der Waals surface area contributed by atoms with E-state index in [0.717, 1.165) is 29.8 Å². The highest BCUT2D eigenvalue weighted by Gasteiger charge is 2.21. The van der Waals surface area contributed by atoms with E-state index in [-0.39, 0.29) is 11.8 Å². The van der Waals surface area contributed by atoms with Crippen LogP contribution in [0.2, 0.25) is 0 Å². The van der Waals surface area contributed by atoms with Crippen molar-refractivity contribution in [3.63, 3.8) is 0 Å². The van der Waals surface area contributed by atoms with Crippen molar-refractivity contribution in [3.8, 4) is 0 Å². The topological polar surface area (TPSA) is 90.1 Å². The Labute approximate surface area is 146 Å². The van der Waals surface area contributed by atoms with E-state index in [1.165, 1.54) is 0 Å². The molecular formula is C18H23N5O2. The summed E-state index contributed by atoms with van der Waals surface area (Å²) in [6.07, 6.45) is 1.52. The molecule has 7 heteroatoms. The number of nitrogens with zero attached hydrogens (tertiary/aromatic N) is 2. The zero-order valence-electron chi connectivity index (χ0n) is 14.6. The van der Waals surface area contributed by atoms with Crippen molar-refractivity contribution in [2.75, 3.05) is 27.2 Å². The van der Waals surface area contributed by atoms with Crippen LogP contribution in [0, 0.1) is 0 Å². The van der Waals surface area contributed by atoms with Gasteiger partial charge in [0.25, 0.3) is 11.8 Å². The number of nitrogens with one attached hydrogen (secondary N) is 3. The van der Waals surface area contributed by atoms with Crippen molar-refractivity contribution in [3.05, 3.63) is 52.3 Å². The van der Waals surface area contributed by atoms with Gasteiger partial charge in [-0.1, -0.05) is 12.1 Å². The summed E-state index contributed by atoms with van der Waals surface area (Å²) in [5.41, 5.74) is 4.14. The van der Waals surface area contributed by atoms with E-state index >= 15 is 0 Å². The minimum absolute atomic E-state index is 0.0264. The molecule has 0 fully saturated rings. The van der Waals surface area contributed by atoms with Crippen LogP contribution in [0.4, 0.5) is 0 Å². The minimum Gasteiger partial charge on any atom is -0.350 e. The Morgan fingerprint density at radius 1 is 1.32 bits per heavy atom. The van der Waals surface area contributed by atoms with E-state index in [0.29, 0.717) is 30.8 Å². The van der Waals surface area contributed by atoms with Crippen molar-refractivity contribution in [1.29, 1.82) is 0 Å². The van der Waals surface area contributed by atoms with E-state index in [1.807, 2.05) is 18.2 Å². The summed E-state index contributed by atoms with van der Waals surface area (Å²) in [7, 11) is 3.46. The van der Waals surface area contributed by atoms with Gasteiger partial charge in [-0.25, -0.2) is 0 Å². The Hall–Kier alpha value is -2.67. The molecule has 2 aromatic rings. The lowest BCUT2D eigenvalue weighted by Gasteiger charge is -2.13. The van der Waals surface area contributed by atoms with Gasteiger partial charge in [-0.3, -0.25) is 14.7 Å². The zero-order valence-corrected chi connectivity index (χ0v) is 14.6. The van der Waals surface area contributed by atoms with Crippen molar-refractivity contribution in [2.45, 2.75) is 19.4 Å². The molecule has 1 aromatic heterocycles. The van der Waals surface area contributed by atoms with Gasteiger partial charge in [0.15, 0.2) is 5.69 Å². The Balaban J connectivity index is 1.58. The molecule has 0 radical (unpaired) electrons. The van der Waals surface area contributed by atoms with Gasteiger partial charge in [-0.05, 0) is 24.1 Å². The molecule has 0 saturated heterocycles. The maximum absolute atomic E-state index is 12.4. The molecule has 0 saturated carbocycles. The first-order valence-corrected chi connectivity index (χ1v) is 8.42. The molecule has 3 N–H and O–H groups in total. The third-order valence-corrected chi connectivity index (χ3v) is 4.30. The first-order valence-electron chi connectivity index (χ1n) is 8.42. The number of aromatic nitrogens is 2. The molecule has 2 heterocycles. The van der Waals surface area contributed by atoms with Gasteiger partial charge in [-0.15, -0.1) is 0 Å². The number of carbonyl (C=O) groups excluding carboxylic acids is 2. The molecule has 7 nitrogen and oxygen atoms in total. The Bertz CT molecular complexity index is 782. The molecule has 1 aliphatic rings. The molecule has 0 bridgehead atoms. The highest BCUT2D eigenvalue weighted by atomic mass is 16.2. The number of carbonyl (C=O) groups is 2. The molecule has 2 amide bonds. The molecule has 0 spiro atoms. The van der Waals surface area contributed by atoms with Crippen LogP contribution in [-0.4, -0.2) is 54.1 Å². The summed E-state index contributed by atoms with van der Waals surface area (Å²) in [6.45, 7) is 2.06. The molecule has 1 aromatic carbocycles. The standard InChI is InChI=1S/C18H23N5O2/c1-23(2)18(25)13-5-3-4-12(10-13)6-9-20-17(24)16-14-11-19-8-7-15(14)21-22-16/h3-5,10,19H,6-9,11H2,1-2H3,(H,20,24)(H,21,22). The van der Waals surface area contributed by atoms with E-state index in [9.17, 15) is 9.59 Å². The fourth-order valence-electron chi connectivity index (χ4n) is 2.94. The summed E-state index contributed by atoms with van der Waals surface area (Å²) in [6, 6.07) is 7.49. The van der Waals surface area contributed by atoms with Crippen LogP contribution >= 0.6 is 0 Å². The first kappa shape index (κ1) is 17.2. The van der Waals surface area contributed by atoms with Crippen LogP contribution in [0.25, 0.3) is 0 Å². The zero-order chi connectivity index (χ0) is 17.8. The van der Waals surface area contributed by atoms with Gasteiger partial charge in [0.2, 0.25) is 0 Å². The number of hydrogen-bond acceptors (Lipinski definition) is 4. The van der Waals surface area contributed by atoms with Crippen LogP contribution in [0.5, 0.6) is 0 Å². The second-order valence-electron chi connectivity index (χ2n) is 6.36. The fourth-order valence-corrected chi connectivity index (χ4v) is 2.94. The molecule has 3 rings (SSSR count). The van der Waals surface area contributed by atoms with E-state index in [2.05, 4.69) is 20.8 Å².